The Hall–Kier alpha value is -3.13. The number of anilines is 2. The second-order valence-corrected chi connectivity index (χ2v) is 8.64. The van der Waals surface area contributed by atoms with Gasteiger partial charge in [0.2, 0.25) is 0 Å². The molecule has 9 heteroatoms. The van der Waals surface area contributed by atoms with Gasteiger partial charge in [0.1, 0.15) is 12.1 Å². The lowest BCUT2D eigenvalue weighted by molar-refractivity contribution is -0.197. The number of aromatic nitrogens is 4. The number of hydrogen-bond acceptors (Lipinski definition) is 4. The number of benzene rings is 2. The van der Waals surface area contributed by atoms with Crippen LogP contribution in [0.5, 0.6) is 0 Å². The second kappa shape index (κ2) is 7.78. The summed E-state index contributed by atoms with van der Waals surface area (Å²) in [6.45, 7) is 3.87. The van der Waals surface area contributed by atoms with Gasteiger partial charge in [-0.2, -0.15) is 18.2 Å². The third kappa shape index (κ3) is 3.79. The third-order valence-corrected chi connectivity index (χ3v) is 6.08. The molecule has 2 heterocycles. The third-order valence-electron chi connectivity index (χ3n) is 5.85. The molecule has 5 nitrogen and oxygen atoms in total. The summed E-state index contributed by atoms with van der Waals surface area (Å²) in [7, 11) is 1.85. The van der Waals surface area contributed by atoms with Crippen LogP contribution < -0.4 is 4.90 Å². The maximum atomic E-state index is 13.4. The zero-order valence-corrected chi connectivity index (χ0v) is 18.7. The molecule has 0 bridgehead atoms. The molecule has 2 aromatic heterocycles. The summed E-state index contributed by atoms with van der Waals surface area (Å²) in [4.78, 5) is 6.51. The van der Waals surface area contributed by atoms with Gasteiger partial charge in [0.25, 0.3) is 5.78 Å². The molecule has 2 aromatic carbocycles. The van der Waals surface area contributed by atoms with Crippen LogP contribution in [0.2, 0.25) is 5.02 Å². The van der Waals surface area contributed by atoms with E-state index in [2.05, 4.69) is 15.2 Å². The largest absolute Gasteiger partial charge is 0.397 e. The number of halogens is 4. The number of nitrogens with zero attached hydrogens (tertiary/aromatic N) is 5. The molecule has 0 N–H and O–H groups in total. The molecule has 0 fully saturated rings. The summed E-state index contributed by atoms with van der Waals surface area (Å²) >= 11 is 6.20. The van der Waals surface area contributed by atoms with Crippen LogP contribution in [0.3, 0.4) is 0 Å². The van der Waals surface area contributed by atoms with Crippen molar-refractivity contribution >= 4 is 45.9 Å². The summed E-state index contributed by atoms with van der Waals surface area (Å²) in [5.41, 5.74) is 0.537. The molecule has 0 aliphatic heterocycles. The Balaban J connectivity index is 1.79. The van der Waals surface area contributed by atoms with E-state index in [4.69, 9.17) is 11.6 Å². The molecule has 0 aliphatic carbocycles. The van der Waals surface area contributed by atoms with Crippen LogP contribution in [0.4, 0.5) is 24.7 Å². The summed E-state index contributed by atoms with van der Waals surface area (Å²) in [6, 6.07) is 12.7. The van der Waals surface area contributed by atoms with E-state index >= 15 is 0 Å². The van der Waals surface area contributed by atoms with E-state index in [1.807, 2.05) is 36.2 Å². The first-order chi connectivity index (χ1) is 15.0. The molecule has 0 radical (unpaired) electrons. The Labute approximate surface area is 188 Å². The van der Waals surface area contributed by atoms with Gasteiger partial charge in [-0.05, 0) is 56.7 Å². The summed E-state index contributed by atoms with van der Waals surface area (Å²) in [5.74, 6) is 1.05. The van der Waals surface area contributed by atoms with Crippen LogP contribution in [0.15, 0.2) is 54.4 Å². The molecule has 4 rings (SSSR count). The fraction of sp³-hybridized carbons (Fsp3) is 0.261. The Morgan fingerprint density at radius 3 is 2.59 bits per heavy atom. The first-order valence-corrected chi connectivity index (χ1v) is 10.2. The molecular formula is C23H21ClF3N5. The van der Waals surface area contributed by atoms with E-state index in [9.17, 15) is 13.2 Å². The minimum atomic E-state index is -4.33. The van der Waals surface area contributed by atoms with E-state index in [1.165, 1.54) is 20.8 Å². The Morgan fingerprint density at radius 1 is 1.12 bits per heavy atom. The smallest absolute Gasteiger partial charge is 0.329 e. The van der Waals surface area contributed by atoms with Gasteiger partial charge in [-0.25, -0.2) is 0 Å². The van der Waals surface area contributed by atoms with Crippen molar-refractivity contribution in [2.24, 2.45) is 5.41 Å². The van der Waals surface area contributed by atoms with Crippen LogP contribution in [0.25, 0.3) is 22.8 Å². The number of alkyl halides is 3. The van der Waals surface area contributed by atoms with E-state index in [1.54, 1.807) is 35.0 Å². The summed E-state index contributed by atoms with van der Waals surface area (Å²) in [5, 5.41) is 9.40. The van der Waals surface area contributed by atoms with E-state index < -0.39 is 11.6 Å². The van der Waals surface area contributed by atoms with Gasteiger partial charge in [-0.3, -0.25) is 4.40 Å². The van der Waals surface area contributed by atoms with Gasteiger partial charge in [-0.15, -0.1) is 10.2 Å². The fourth-order valence-electron chi connectivity index (χ4n) is 3.38. The molecule has 4 aromatic rings. The first-order valence-electron chi connectivity index (χ1n) is 9.87. The zero-order chi connectivity index (χ0) is 23.3. The molecule has 0 aliphatic rings. The lowest BCUT2D eigenvalue weighted by Gasteiger charge is -2.29. The van der Waals surface area contributed by atoms with Gasteiger partial charge in [0.05, 0.1) is 10.9 Å². The fourth-order valence-corrected chi connectivity index (χ4v) is 3.54. The van der Waals surface area contributed by atoms with Crippen LogP contribution >= 0.6 is 11.6 Å². The van der Waals surface area contributed by atoms with Gasteiger partial charge in [0, 0.05) is 23.1 Å². The number of fused-ring (bicyclic) bond motifs is 3. The second-order valence-electron chi connectivity index (χ2n) is 8.20. The molecule has 0 atom stereocenters. The van der Waals surface area contributed by atoms with Crippen molar-refractivity contribution in [3.05, 3.63) is 65.0 Å². The minimum absolute atomic E-state index is 0.230. The van der Waals surface area contributed by atoms with Gasteiger partial charge >= 0.3 is 6.18 Å². The van der Waals surface area contributed by atoms with Crippen LogP contribution in [0.1, 0.15) is 26.3 Å². The first kappa shape index (κ1) is 22.1. The highest BCUT2D eigenvalue weighted by atomic mass is 35.5. The topological polar surface area (TPSA) is 46.3 Å². The number of hydrogen-bond donors (Lipinski definition) is 0. The maximum absolute atomic E-state index is 13.4. The van der Waals surface area contributed by atoms with Gasteiger partial charge in [-0.1, -0.05) is 35.4 Å². The van der Waals surface area contributed by atoms with Gasteiger partial charge < -0.3 is 4.90 Å². The van der Waals surface area contributed by atoms with Crippen molar-refractivity contribution in [1.82, 2.24) is 19.6 Å². The molecule has 0 saturated carbocycles. The quantitative estimate of drug-likeness (QED) is 0.341. The maximum Gasteiger partial charge on any atom is 0.397 e. The Kier molecular flexibility index (Phi) is 5.36. The molecular weight excluding hydrogens is 439 g/mol. The molecule has 32 heavy (non-hydrogen) atoms. The SMILES string of the molecule is C/C(=C\c1cccc(N(C)c2nc3nncn3c3cc(Cl)ccc23)c1)C(C)(C)C(F)(F)F. The van der Waals surface area contributed by atoms with Crippen LogP contribution in [0, 0.1) is 5.41 Å². The Bertz CT molecular complexity index is 1340. The van der Waals surface area contributed by atoms with Crippen molar-refractivity contribution in [3.63, 3.8) is 0 Å². The van der Waals surface area contributed by atoms with E-state index in [0.29, 0.717) is 22.2 Å². The van der Waals surface area contributed by atoms with Crippen molar-refractivity contribution < 1.29 is 13.2 Å². The average molecular weight is 460 g/mol. The minimum Gasteiger partial charge on any atom is -0.329 e. The highest BCUT2D eigenvalue weighted by molar-refractivity contribution is 6.31. The standard InChI is InChI=1S/C23H21ClF3N5/c1-14(22(2,3)23(25,26)27)10-15-6-5-7-17(11-15)31(4)20-18-9-8-16(24)12-19(18)32-13-28-30-21(32)29-20/h5-13H,1-4H3/b14-10+. The molecule has 0 amide bonds. The van der Waals surface area contributed by atoms with E-state index in [-0.39, 0.29) is 5.57 Å². The van der Waals surface area contributed by atoms with Crippen LogP contribution in [-0.2, 0) is 0 Å². The highest BCUT2D eigenvalue weighted by Crippen LogP contribution is 2.44. The lowest BCUT2D eigenvalue weighted by Crippen LogP contribution is -2.33. The summed E-state index contributed by atoms with van der Waals surface area (Å²) in [6.07, 6.45) is -1.20. The monoisotopic (exact) mass is 459 g/mol. The van der Waals surface area contributed by atoms with Gasteiger partial charge in [0.15, 0.2) is 0 Å². The predicted octanol–water partition coefficient (Wildman–Crippen LogP) is 6.69. The Morgan fingerprint density at radius 2 is 1.88 bits per heavy atom. The predicted molar refractivity (Wildman–Crippen MR) is 121 cm³/mol. The highest BCUT2D eigenvalue weighted by Gasteiger charge is 2.48. The summed E-state index contributed by atoms with van der Waals surface area (Å²) < 4.78 is 42.0. The normalized spacial score (nSPS) is 13.2. The lowest BCUT2D eigenvalue weighted by atomic mass is 9.83. The van der Waals surface area contributed by atoms with Crippen LogP contribution in [-0.4, -0.2) is 32.8 Å². The zero-order valence-electron chi connectivity index (χ0n) is 17.9. The number of allylic oxidation sites excluding steroid dienone is 1. The van der Waals surface area contributed by atoms with E-state index in [0.717, 1.165) is 16.6 Å². The average Bonchev–Trinajstić information content (AvgIpc) is 3.21. The van der Waals surface area contributed by atoms with Crippen molar-refractivity contribution in [3.8, 4) is 0 Å². The number of rotatable bonds is 4. The van der Waals surface area contributed by atoms with Crippen molar-refractivity contribution in [2.45, 2.75) is 26.9 Å². The van der Waals surface area contributed by atoms with Crippen molar-refractivity contribution in [1.29, 1.82) is 0 Å². The molecule has 0 unspecified atom stereocenters. The molecule has 0 saturated heterocycles. The molecule has 166 valence electrons. The van der Waals surface area contributed by atoms with Crippen molar-refractivity contribution in [2.75, 3.05) is 11.9 Å². The molecule has 0 spiro atoms.